The van der Waals surface area contributed by atoms with Gasteiger partial charge in [0.2, 0.25) is 0 Å². The fourth-order valence-corrected chi connectivity index (χ4v) is 3.39. The van der Waals surface area contributed by atoms with Crippen LogP contribution in [0.3, 0.4) is 0 Å². The minimum Gasteiger partial charge on any atom is -0.334 e. The van der Waals surface area contributed by atoms with Crippen LogP contribution in [0.4, 0.5) is 10.5 Å². The van der Waals surface area contributed by atoms with Crippen LogP contribution in [0, 0.1) is 0 Å². The number of amides is 2. The molecule has 1 N–H and O–H groups in total. The molecule has 2 aromatic heterocycles. The first kappa shape index (κ1) is 17.3. The summed E-state index contributed by atoms with van der Waals surface area (Å²) in [4.78, 5) is 19.2. The summed E-state index contributed by atoms with van der Waals surface area (Å²) in [5.74, 6) is 1.06. The number of anilines is 1. The van der Waals surface area contributed by atoms with Crippen LogP contribution in [0.1, 0.15) is 25.6 Å². The van der Waals surface area contributed by atoms with Crippen molar-refractivity contribution in [3.05, 3.63) is 48.5 Å². The molecule has 1 aromatic carbocycles. The van der Waals surface area contributed by atoms with Crippen LogP contribution < -0.4 is 5.32 Å². The highest BCUT2D eigenvalue weighted by Crippen LogP contribution is 2.28. The van der Waals surface area contributed by atoms with Gasteiger partial charge < -0.3 is 14.7 Å². The topological polar surface area (TPSA) is 89.1 Å². The van der Waals surface area contributed by atoms with E-state index in [0.29, 0.717) is 30.4 Å². The molecule has 8 nitrogen and oxygen atoms in total. The summed E-state index contributed by atoms with van der Waals surface area (Å²) in [5.41, 5.74) is 1.39. The summed E-state index contributed by atoms with van der Waals surface area (Å²) in [6.07, 6.45) is 6.33. The van der Waals surface area contributed by atoms with E-state index < -0.39 is 0 Å². The summed E-state index contributed by atoms with van der Waals surface area (Å²) in [6, 6.07) is 9.39. The lowest BCUT2D eigenvalue weighted by atomic mass is 10.1. The van der Waals surface area contributed by atoms with Crippen molar-refractivity contribution in [3.8, 4) is 11.5 Å². The van der Waals surface area contributed by atoms with E-state index in [4.69, 9.17) is 4.52 Å². The molecule has 0 aliphatic carbocycles. The normalized spacial score (nSPS) is 16.6. The molecule has 8 heteroatoms. The number of carbonyl (C=O) groups excluding carboxylic acids is 1. The van der Waals surface area contributed by atoms with Gasteiger partial charge in [-0.1, -0.05) is 24.2 Å². The Morgan fingerprint density at radius 3 is 3.00 bits per heavy atom. The van der Waals surface area contributed by atoms with Crippen LogP contribution >= 0.6 is 0 Å². The summed E-state index contributed by atoms with van der Waals surface area (Å²) >= 11 is 0. The first-order chi connectivity index (χ1) is 13.2. The van der Waals surface area contributed by atoms with Crippen molar-refractivity contribution >= 4 is 11.7 Å². The van der Waals surface area contributed by atoms with Crippen molar-refractivity contribution in [2.45, 2.75) is 38.8 Å². The minimum absolute atomic E-state index is 0.118. The second-order valence-corrected chi connectivity index (χ2v) is 6.56. The lowest BCUT2D eigenvalue weighted by Gasteiger charge is -2.25. The van der Waals surface area contributed by atoms with Crippen molar-refractivity contribution in [1.29, 1.82) is 0 Å². The third-order valence-electron chi connectivity index (χ3n) is 4.78. The maximum absolute atomic E-state index is 12.9. The Balaban J connectivity index is 1.51. The summed E-state index contributed by atoms with van der Waals surface area (Å²) in [6.45, 7) is 3.40. The summed E-state index contributed by atoms with van der Waals surface area (Å²) in [7, 11) is 0. The van der Waals surface area contributed by atoms with E-state index in [-0.39, 0.29) is 12.1 Å². The van der Waals surface area contributed by atoms with Gasteiger partial charge in [0, 0.05) is 25.4 Å². The van der Waals surface area contributed by atoms with Gasteiger partial charge in [-0.2, -0.15) is 10.1 Å². The molecule has 0 saturated carbocycles. The number of aryl methyl sites for hydroxylation is 1. The molecule has 3 aromatic rings. The zero-order chi connectivity index (χ0) is 18.6. The Kier molecular flexibility index (Phi) is 4.86. The molecule has 0 spiro atoms. The quantitative estimate of drug-likeness (QED) is 0.749. The Morgan fingerprint density at radius 1 is 1.33 bits per heavy atom. The van der Waals surface area contributed by atoms with E-state index in [2.05, 4.69) is 20.6 Å². The maximum Gasteiger partial charge on any atom is 0.322 e. The number of carbonyl (C=O) groups is 1. The number of hydrogen-bond acceptors (Lipinski definition) is 5. The van der Waals surface area contributed by atoms with Crippen LogP contribution in [-0.4, -0.2) is 43.4 Å². The second-order valence-electron chi connectivity index (χ2n) is 6.56. The Hall–Kier alpha value is -3.16. The fraction of sp³-hybridized carbons (Fsp3) is 0.368. The highest BCUT2D eigenvalue weighted by atomic mass is 16.5. The van der Waals surface area contributed by atoms with E-state index >= 15 is 0 Å². The largest absolute Gasteiger partial charge is 0.334 e. The minimum atomic E-state index is -0.118. The molecule has 1 fully saturated rings. The zero-order valence-corrected chi connectivity index (χ0v) is 15.2. The van der Waals surface area contributed by atoms with Crippen LogP contribution in [0.2, 0.25) is 0 Å². The third kappa shape index (κ3) is 3.69. The molecule has 3 heterocycles. The second kappa shape index (κ2) is 7.61. The lowest BCUT2D eigenvalue weighted by Crippen LogP contribution is -2.40. The molecule has 1 atom stereocenters. The molecule has 0 bridgehead atoms. The Morgan fingerprint density at radius 2 is 2.22 bits per heavy atom. The van der Waals surface area contributed by atoms with E-state index in [1.165, 1.54) is 0 Å². The van der Waals surface area contributed by atoms with E-state index in [1.807, 2.05) is 53.0 Å². The Labute approximate surface area is 157 Å². The zero-order valence-electron chi connectivity index (χ0n) is 15.2. The monoisotopic (exact) mass is 366 g/mol. The van der Waals surface area contributed by atoms with Gasteiger partial charge in [0.05, 0.1) is 23.8 Å². The van der Waals surface area contributed by atoms with Crippen molar-refractivity contribution in [3.63, 3.8) is 0 Å². The number of benzene rings is 1. The lowest BCUT2D eigenvalue weighted by molar-refractivity contribution is 0.199. The van der Waals surface area contributed by atoms with Crippen LogP contribution in [0.25, 0.3) is 11.5 Å². The average molecular weight is 366 g/mol. The fourth-order valence-electron chi connectivity index (χ4n) is 3.39. The maximum atomic E-state index is 12.9. The molecule has 0 unspecified atom stereocenters. The highest BCUT2D eigenvalue weighted by molar-refractivity contribution is 5.93. The van der Waals surface area contributed by atoms with Crippen molar-refractivity contribution in [2.75, 3.05) is 11.9 Å². The number of urea groups is 1. The number of nitrogens with zero attached hydrogens (tertiary/aromatic N) is 5. The molecule has 1 aliphatic heterocycles. The summed E-state index contributed by atoms with van der Waals surface area (Å²) < 4.78 is 7.21. The third-order valence-corrected chi connectivity index (χ3v) is 4.78. The van der Waals surface area contributed by atoms with Crippen molar-refractivity contribution in [1.82, 2.24) is 24.8 Å². The van der Waals surface area contributed by atoms with Gasteiger partial charge in [0.1, 0.15) is 0 Å². The van der Waals surface area contributed by atoms with Gasteiger partial charge in [-0.15, -0.1) is 0 Å². The Bertz CT molecular complexity index is 905. The molecule has 4 rings (SSSR count). The first-order valence-corrected chi connectivity index (χ1v) is 9.21. The standard InChI is InChI=1S/C19H22N6O2/c1-2-17-22-18(27-23-17)15-8-3-4-9-16(15)21-19(26)25-12-5-7-14(25)13-24-11-6-10-20-24/h3-4,6,8-11,14H,2,5,7,12-13H2,1H3,(H,21,26)/t14-/m1/s1. The van der Waals surface area contributed by atoms with Crippen molar-refractivity contribution < 1.29 is 9.32 Å². The van der Waals surface area contributed by atoms with Crippen LogP contribution in [-0.2, 0) is 13.0 Å². The highest BCUT2D eigenvalue weighted by Gasteiger charge is 2.29. The van der Waals surface area contributed by atoms with Gasteiger partial charge in [-0.3, -0.25) is 4.68 Å². The predicted octanol–water partition coefficient (Wildman–Crippen LogP) is 3.19. The van der Waals surface area contributed by atoms with E-state index in [9.17, 15) is 4.79 Å². The van der Waals surface area contributed by atoms with Crippen LogP contribution in [0.15, 0.2) is 47.2 Å². The van der Waals surface area contributed by atoms with E-state index in [1.54, 1.807) is 6.20 Å². The van der Waals surface area contributed by atoms with Crippen LogP contribution in [0.5, 0.6) is 0 Å². The number of likely N-dealkylation sites (tertiary alicyclic amines) is 1. The molecule has 0 radical (unpaired) electrons. The number of hydrogen-bond donors (Lipinski definition) is 1. The molecule has 1 aliphatic rings. The molecule has 140 valence electrons. The molecular weight excluding hydrogens is 344 g/mol. The molecular formula is C19H22N6O2. The molecule has 27 heavy (non-hydrogen) atoms. The number of aromatic nitrogens is 4. The first-order valence-electron chi connectivity index (χ1n) is 9.21. The van der Waals surface area contributed by atoms with Gasteiger partial charge in [-0.05, 0) is 31.0 Å². The summed E-state index contributed by atoms with van der Waals surface area (Å²) in [5, 5.41) is 11.2. The van der Waals surface area contributed by atoms with Gasteiger partial charge in [0.15, 0.2) is 5.82 Å². The molecule has 1 saturated heterocycles. The van der Waals surface area contributed by atoms with E-state index in [0.717, 1.165) is 24.9 Å². The SMILES string of the molecule is CCc1noc(-c2ccccc2NC(=O)N2CCC[C@@H]2Cn2cccn2)n1. The smallest absolute Gasteiger partial charge is 0.322 e. The average Bonchev–Trinajstić information content (AvgIpc) is 3.44. The molecule has 2 amide bonds. The number of rotatable bonds is 5. The van der Waals surface area contributed by atoms with Gasteiger partial charge >= 0.3 is 6.03 Å². The van der Waals surface area contributed by atoms with Gasteiger partial charge in [-0.25, -0.2) is 4.79 Å². The van der Waals surface area contributed by atoms with Crippen molar-refractivity contribution in [2.24, 2.45) is 0 Å². The predicted molar refractivity (Wildman–Crippen MR) is 100 cm³/mol. The van der Waals surface area contributed by atoms with Gasteiger partial charge in [0.25, 0.3) is 5.89 Å². The number of para-hydroxylation sites is 1. The number of nitrogens with one attached hydrogen (secondary N) is 1.